The molecule has 3 nitrogen and oxygen atoms in total. The number of amides is 1. The molecule has 0 saturated carbocycles. The topological polar surface area (TPSA) is 29.5 Å². The van der Waals surface area contributed by atoms with Crippen molar-refractivity contribution in [2.75, 3.05) is 11.4 Å². The van der Waals surface area contributed by atoms with Crippen molar-refractivity contribution in [2.45, 2.75) is 26.4 Å². The molecule has 0 aromatic heterocycles. The Morgan fingerprint density at radius 3 is 2.10 bits per heavy atom. The third-order valence-electron chi connectivity index (χ3n) is 3.32. The number of anilines is 1. The molecule has 0 saturated heterocycles. The second kappa shape index (κ2) is 7.48. The molecular formula is C18H21NO2. The van der Waals surface area contributed by atoms with E-state index in [2.05, 4.69) is 0 Å². The Balaban J connectivity index is 2.15. The first-order valence-electron chi connectivity index (χ1n) is 7.34. The van der Waals surface area contributed by atoms with Gasteiger partial charge in [-0.25, -0.2) is 0 Å². The van der Waals surface area contributed by atoms with Crippen LogP contribution in [0.2, 0.25) is 0 Å². The van der Waals surface area contributed by atoms with E-state index in [1.165, 1.54) is 0 Å². The molecule has 0 bridgehead atoms. The van der Waals surface area contributed by atoms with Gasteiger partial charge < -0.3 is 9.64 Å². The number of likely N-dealkylation sites (N-methyl/N-ethyl adjacent to an activating group) is 1. The fourth-order valence-corrected chi connectivity index (χ4v) is 2.22. The van der Waals surface area contributed by atoms with Gasteiger partial charge in [0.1, 0.15) is 5.75 Å². The van der Waals surface area contributed by atoms with Gasteiger partial charge in [0.2, 0.25) is 0 Å². The van der Waals surface area contributed by atoms with Crippen molar-refractivity contribution in [3.63, 3.8) is 0 Å². The maximum Gasteiger partial charge on any atom is 0.268 e. The summed E-state index contributed by atoms with van der Waals surface area (Å²) in [5, 5.41) is 0. The first kappa shape index (κ1) is 15.1. The van der Waals surface area contributed by atoms with Gasteiger partial charge in [0.25, 0.3) is 5.91 Å². The van der Waals surface area contributed by atoms with Crippen molar-refractivity contribution >= 4 is 11.6 Å². The summed E-state index contributed by atoms with van der Waals surface area (Å²) < 4.78 is 5.84. The third kappa shape index (κ3) is 3.85. The molecule has 2 aromatic carbocycles. The number of carbonyl (C=O) groups excluding carboxylic acids is 1. The van der Waals surface area contributed by atoms with Crippen LogP contribution < -0.4 is 9.64 Å². The lowest BCUT2D eigenvalue weighted by Crippen LogP contribution is -2.41. The van der Waals surface area contributed by atoms with Gasteiger partial charge in [0.15, 0.2) is 6.10 Å². The molecule has 0 heterocycles. The molecule has 0 radical (unpaired) electrons. The fourth-order valence-electron chi connectivity index (χ4n) is 2.22. The van der Waals surface area contributed by atoms with E-state index in [0.29, 0.717) is 13.0 Å². The van der Waals surface area contributed by atoms with E-state index in [1.54, 1.807) is 4.90 Å². The lowest BCUT2D eigenvalue weighted by molar-refractivity contribution is -0.125. The van der Waals surface area contributed by atoms with Gasteiger partial charge in [0.05, 0.1) is 0 Å². The summed E-state index contributed by atoms with van der Waals surface area (Å²) in [6.45, 7) is 4.56. The van der Waals surface area contributed by atoms with Crippen LogP contribution in [0.25, 0.3) is 0 Å². The molecule has 1 atom stereocenters. The van der Waals surface area contributed by atoms with Gasteiger partial charge in [-0.3, -0.25) is 4.79 Å². The molecule has 110 valence electrons. The number of rotatable bonds is 6. The van der Waals surface area contributed by atoms with Crippen LogP contribution in [0, 0.1) is 0 Å². The Kier molecular flexibility index (Phi) is 5.38. The second-order valence-electron chi connectivity index (χ2n) is 4.75. The SMILES string of the molecule is CCC(Oc1ccccc1)C(=O)N(CC)c1ccccc1. The van der Waals surface area contributed by atoms with Crippen LogP contribution in [-0.4, -0.2) is 18.6 Å². The first-order chi connectivity index (χ1) is 10.3. The minimum absolute atomic E-state index is 0.00458. The molecule has 0 N–H and O–H groups in total. The van der Waals surface area contributed by atoms with Crippen molar-refractivity contribution in [3.05, 3.63) is 60.7 Å². The highest BCUT2D eigenvalue weighted by Gasteiger charge is 2.24. The summed E-state index contributed by atoms with van der Waals surface area (Å²) >= 11 is 0. The Labute approximate surface area is 126 Å². The Morgan fingerprint density at radius 1 is 1.00 bits per heavy atom. The smallest absolute Gasteiger partial charge is 0.268 e. The average Bonchev–Trinajstić information content (AvgIpc) is 2.55. The molecular weight excluding hydrogens is 262 g/mol. The highest BCUT2D eigenvalue weighted by Crippen LogP contribution is 2.18. The molecule has 3 heteroatoms. The zero-order chi connectivity index (χ0) is 15.1. The van der Waals surface area contributed by atoms with E-state index < -0.39 is 6.10 Å². The number of carbonyl (C=O) groups is 1. The fraction of sp³-hybridized carbons (Fsp3) is 0.278. The van der Waals surface area contributed by atoms with Gasteiger partial charge in [-0.1, -0.05) is 43.3 Å². The Bertz CT molecular complexity index is 554. The predicted molar refractivity (Wildman–Crippen MR) is 85.6 cm³/mol. The molecule has 2 rings (SSSR count). The van der Waals surface area contributed by atoms with Crippen molar-refractivity contribution in [2.24, 2.45) is 0 Å². The summed E-state index contributed by atoms with van der Waals surface area (Å²) in [5.74, 6) is 0.719. The lowest BCUT2D eigenvalue weighted by Gasteiger charge is -2.26. The molecule has 21 heavy (non-hydrogen) atoms. The molecule has 2 aromatic rings. The molecule has 0 aliphatic heterocycles. The molecule has 0 aliphatic rings. The van der Waals surface area contributed by atoms with Gasteiger partial charge in [-0.2, -0.15) is 0 Å². The van der Waals surface area contributed by atoms with Crippen molar-refractivity contribution < 1.29 is 9.53 Å². The summed E-state index contributed by atoms with van der Waals surface area (Å²) in [7, 11) is 0. The van der Waals surface area contributed by atoms with E-state index >= 15 is 0 Å². The quantitative estimate of drug-likeness (QED) is 0.804. The summed E-state index contributed by atoms with van der Waals surface area (Å²) in [4.78, 5) is 14.5. The number of benzene rings is 2. The van der Waals surface area contributed by atoms with Gasteiger partial charge in [0, 0.05) is 12.2 Å². The van der Waals surface area contributed by atoms with E-state index in [9.17, 15) is 4.79 Å². The standard InChI is InChI=1S/C18H21NO2/c1-3-17(21-16-13-9-6-10-14-16)18(20)19(4-2)15-11-7-5-8-12-15/h5-14,17H,3-4H2,1-2H3. The number of para-hydroxylation sites is 2. The highest BCUT2D eigenvalue weighted by molar-refractivity contribution is 5.96. The zero-order valence-electron chi connectivity index (χ0n) is 12.5. The Hall–Kier alpha value is -2.29. The second-order valence-corrected chi connectivity index (χ2v) is 4.75. The van der Waals surface area contributed by atoms with Crippen LogP contribution in [0.5, 0.6) is 5.75 Å². The van der Waals surface area contributed by atoms with E-state index in [4.69, 9.17) is 4.74 Å². The van der Waals surface area contributed by atoms with Crippen molar-refractivity contribution in [1.82, 2.24) is 0 Å². The molecule has 0 spiro atoms. The predicted octanol–water partition coefficient (Wildman–Crippen LogP) is 3.90. The minimum Gasteiger partial charge on any atom is -0.481 e. The third-order valence-corrected chi connectivity index (χ3v) is 3.32. The van der Waals surface area contributed by atoms with Crippen LogP contribution in [0.15, 0.2) is 60.7 Å². The van der Waals surface area contributed by atoms with E-state index in [0.717, 1.165) is 11.4 Å². The largest absolute Gasteiger partial charge is 0.481 e. The minimum atomic E-state index is -0.465. The Morgan fingerprint density at radius 2 is 1.57 bits per heavy atom. The molecule has 1 unspecified atom stereocenters. The van der Waals surface area contributed by atoms with E-state index in [1.807, 2.05) is 74.5 Å². The molecule has 1 amide bonds. The lowest BCUT2D eigenvalue weighted by atomic mass is 10.2. The highest BCUT2D eigenvalue weighted by atomic mass is 16.5. The zero-order valence-corrected chi connectivity index (χ0v) is 12.5. The summed E-state index contributed by atoms with van der Waals surface area (Å²) in [5.41, 5.74) is 0.903. The average molecular weight is 283 g/mol. The molecule has 0 fully saturated rings. The van der Waals surface area contributed by atoms with Crippen LogP contribution in [0.1, 0.15) is 20.3 Å². The van der Waals surface area contributed by atoms with Crippen LogP contribution >= 0.6 is 0 Å². The summed E-state index contributed by atoms with van der Waals surface area (Å²) in [6.07, 6.45) is 0.171. The maximum absolute atomic E-state index is 12.7. The van der Waals surface area contributed by atoms with Gasteiger partial charge in [-0.15, -0.1) is 0 Å². The number of hydrogen-bond donors (Lipinski definition) is 0. The van der Waals surface area contributed by atoms with Gasteiger partial charge in [-0.05, 0) is 37.6 Å². The molecule has 0 aliphatic carbocycles. The van der Waals surface area contributed by atoms with E-state index in [-0.39, 0.29) is 5.91 Å². The number of ether oxygens (including phenoxy) is 1. The van der Waals surface area contributed by atoms with Crippen molar-refractivity contribution in [3.8, 4) is 5.75 Å². The van der Waals surface area contributed by atoms with Crippen molar-refractivity contribution in [1.29, 1.82) is 0 Å². The van der Waals surface area contributed by atoms with Crippen LogP contribution in [-0.2, 0) is 4.79 Å². The monoisotopic (exact) mass is 283 g/mol. The maximum atomic E-state index is 12.7. The first-order valence-corrected chi connectivity index (χ1v) is 7.34. The van der Waals surface area contributed by atoms with Crippen LogP contribution in [0.3, 0.4) is 0 Å². The summed E-state index contributed by atoms with van der Waals surface area (Å²) in [6, 6.07) is 19.2. The van der Waals surface area contributed by atoms with Gasteiger partial charge >= 0.3 is 0 Å². The number of hydrogen-bond acceptors (Lipinski definition) is 2. The van der Waals surface area contributed by atoms with Crippen LogP contribution in [0.4, 0.5) is 5.69 Å². The normalized spacial score (nSPS) is 11.7. The number of nitrogens with zero attached hydrogens (tertiary/aromatic N) is 1.